The minimum atomic E-state index is -1.02. The van der Waals surface area contributed by atoms with E-state index in [2.05, 4.69) is 5.32 Å². The predicted molar refractivity (Wildman–Crippen MR) is 95.9 cm³/mol. The molecule has 2 amide bonds. The summed E-state index contributed by atoms with van der Waals surface area (Å²) in [6, 6.07) is 3.35. The fourth-order valence-corrected chi connectivity index (χ4v) is 4.24. The van der Waals surface area contributed by atoms with Crippen LogP contribution in [0, 0.1) is 6.92 Å². The summed E-state index contributed by atoms with van der Waals surface area (Å²) < 4.78 is 0.240. The van der Waals surface area contributed by atoms with Crippen LogP contribution in [0.3, 0.4) is 0 Å². The number of carbonyl (C=O) groups excluding carboxylic acids is 2. The highest BCUT2D eigenvalue weighted by molar-refractivity contribution is 8.26. The highest BCUT2D eigenvalue weighted by Crippen LogP contribution is 2.44. The lowest BCUT2D eigenvalue weighted by molar-refractivity contribution is -0.137. The fraction of sp³-hybridized carbons (Fsp3) is 0.200. The standard InChI is InChI=1S/C15H11ClN2O4S2/c1-6-4-7(16)5-8-10(13(21)17-11(6)8)12-14(22)18(15(23)24-12)3-2-9(19)20/h4-5H,2-3H2,1H3,(H,17,21)(H,19,20)/b12-10-. The number of thioether (sulfide) groups is 1. The van der Waals surface area contributed by atoms with Gasteiger partial charge in [0.1, 0.15) is 4.32 Å². The average Bonchev–Trinajstić information content (AvgIpc) is 2.94. The van der Waals surface area contributed by atoms with Crippen molar-refractivity contribution in [1.82, 2.24) is 4.90 Å². The molecule has 9 heteroatoms. The molecule has 2 N–H and O–H groups in total. The molecule has 24 heavy (non-hydrogen) atoms. The zero-order valence-corrected chi connectivity index (χ0v) is 14.8. The second-order valence-electron chi connectivity index (χ2n) is 5.27. The minimum Gasteiger partial charge on any atom is -0.481 e. The molecule has 0 radical (unpaired) electrons. The van der Waals surface area contributed by atoms with E-state index >= 15 is 0 Å². The number of fused-ring (bicyclic) bond motifs is 1. The molecular formula is C15H11ClN2O4S2. The Balaban J connectivity index is 2.05. The molecule has 6 nitrogen and oxygen atoms in total. The molecule has 1 aromatic rings. The number of hydrogen-bond acceptors (Lipinski definition) is 5. The number of nitrogens with zero attached hydrogens (tertiary/aromatic N) is 1. The number of carboxylic acid groups (broad SMARTS) is 1. The van der Waals surface area contributed by atoms with Crippen molar-refractivity contribution >= 4 is 68.9 Å². The molecule has 124 valence electrons. The van der Waals surface area contributed by atoms with Gasteiger partial charge in [-0.05, 0) is 24.6 Å². The van der Waals surface area contributed by atoms with Gasteiger partial charge < -0.3 is 10.4 Å². The Labute approximate surface area is 151 Å². The molecule has 0 saturated carbocycles. The summed E-state index contributed by atoms with van der Waals surface area (Å²) in [4.78, 5) is 37.1. The Morgan fingerprint density at radius 1 is 1.42 bits per heavy atom. The van der Waals surface area contributed by atoms with Crippen LogP contribution in [-0.2, 0) is 14.4 Å². The summed E-state index contributed by atoms with van der Waals surface area (Å²) >= 11 is 12.2. The maximum absolute atomic E-state index is 12.6. The predicted octanol–water partition coefficient (Wildman–Crippen LogP) is 2.65. The highest BCUT2D eigenvalue weighted by atomic mass is 35.5. The van der Waals surface area contributed by atoms with E-state index in [1.54, 1.807) is 12.1 Å². The maximum atomic E-state index is 12.6. The lowest BCUT2D eigenvalue weighted by atomic mass is 10.0. The number of hydrogen-bond donors (Lipinski definition) is 2. The third kappa shape index (κ3) is 2.81. The lowest BCUT2D eigenvalue weighted by Gasteiger charge is -2.12. The topological polar surface area (TPSA) is 86.7 Å². The summed E-state index contributed by atoms with van der Waals surface area (Å²) in [5.41, 5.74) is 2.20. The number of rotatable bonds is 3. The third-order valence-electron chi connectivity index (χ3n) is 3.66. The van der Waals surface area contributed by atoms with Crippen LogP contribution < -0.4 is 5.32 Å². The van der Waals surface area contributed by atoms with E-state index in [9.17, 15) is 14.4 Å². The van der Waals surface area contributed by atoms with E-state index in [4.69, 9.17) is 28.9 Å². The summed E-state index contributed by atoms with van der Waals surface area (Å²) in [6.45, 7) is 1.78. The normalized spacial score (nSPS) is 19.8. The van der Waals surface area contributed by atoms with Crippen LogP contribution in [0.1, 0.15) is 17.5 Å². The van der Waals surface area contributed by atoms with E-state index in [-0.39, 0.29) is 27.8 Å². The van der Waals surface area contributed by atoms with Crippen molar-refractivity contribution in [2.24, 2.45) is 0 Å². The van der Waals surface area contributed by atoms with Crippen molar-refractivity contribution in [1.29, 1.82) is 0 Å². The molecule has 0 unspecified atom stereocenters. The van der Waals surface area contributed by atoms with Crippen molar-refractivity contribution in [3.63, 3.8) is 0 Å². The van der Waals surface area contributed by atoms with Crippen LogP contribution in [0.25, 0.3) is 5.57 Å². The number of carboxylic acids is 1. The molecule has 2 aliphatic rings. The van der Waals surface area contributed by atoms with Crippen molar-refractivity contribution < 1.29 is 19.5 Å². The zero-order valence-electron chi connectivity index (χ0n) is 12.4. The van der Waals surface area contributed by atoms with Gasteiger partial charge in [-0.25, -0.2) is 0 Å². The average molecular weight is 383 g/mol. The molecule has 2 heterocycles. The van der Waals surface area contributed by atoms with Crippen molar-refractivity contribution in [3.05, 3.63) is 33.2 Å². The molecule has 2 aliphatic heterocycles. The smallest absolute Gasteiger partial charge is 0.305 e. The summed E-state index contributed by atoms with van der Waals surface area (Å²) in [5.74, 6) is -1.88. The van der Waals surface area contributed by atoms with E-state index in [1.165, 1.54) is 4.90 Å². The quantitative estimate of drug-likeness (QED) is 0.617. The van der Waals surface area contributed by atoms with Crippen LogP contribution in [0.4, 0.5) is 5.69 Å². The van der Waals surface area contributed by atoms with Crippen LogP contribution in [0.15, 0.2) is 17.0 Å². The Morgan fingerprint density at radius 2 is 2.12 bits per heavy atom. The van der Waals surface area contributed by atoms with E-state index in [0.717, 1.165) is 17.3 Å². The highest BCUT2D eigenvalue weighted by Gasteiger charge is 2.39. The molecule has 0 aromatic heterocycles. The first-order valence-corrected chi connectivity index (χ1v) is 8.51. The second kappa shape index (κ2) is 6.19. The molecular weight excluding hydrogens is 372 g/mol. The molecule has 1 aromatic carbocycles. The van der Waals surface area contributed by atoms with Gasteiger partial charge in [-0.15, -0.1) is 0 Å². The molecule has 0 aliphatic carbocycles. The first-order chi connectivity index (χ1) is 11.3. The van der Waals surface area contributed by atoms with E-state index < -0.39 is 17.8 Å². The van der Waals surface area contributed by atoms with E-state index in [0.29, 0.717) is 16.3 Å². The number of aliphatic carboxylic acids is 1. The van der Waals surface area contributed by atoms with Crippen LogP contribution in [0.5, 0.6) is 0 Å². The molecule has 1 saturated heterocycles. The zero-order chi connectivity index (χ0) is 17.6. The molecule has 0 bridgehead atoms. The number of carbonyl (C=O) groups is 3. The summed E-state index contributed by atoms with van der Waals surface area (Å²) in [7, 11) is 0. The summed E-state index contributed by atoms with van der Waals surface area (Å²) in [6.07, 6.45) is -0.219. The van der Waals surface area contributed by atoms with Gasteiger partial charge in [0.05, 0.1) is 22.6 Å². The van der Waals surface area contributed by atoms with Crippen molar-refractivity contribution in [2.45, 2.75) is 13.3 Å². The number of nitrogens with one attached hydrogen (secondary N) is 1. The Kier molecular flexibility index (Phi) is 4.37. The number of halogens is 1. The van der Waals surface area contributed by atoms with Gasteiger partial charge >= 0.3 is 5.97 Å². The first-order valence-electron chi connectivity index (χ1n) is 6.91. The number of thiocarbonyl (C=S) groups is 1. The fourth-order valence-electron chi connectivity index (χ4n) is 2.58. The summed E-state index contributed by atoms with van der Waals surface area (Å²) in [5, 5.41) is 12.0. The number of anilines is 1. The van der Waals surface area contributed by atoms with E-state index in [1.807, 2.05) is 6.92 Å². The number of benzene rings is 1. The maximum Gasteiger partial charge on any atom is 0.305 e. The van der Waals surface area contributed by atoms with Crippen LogP contribution in [-0.4, -0.2) is 38.7 Å². The minimum absolute atomic E-state index is 0.0279. The molecule has 3 rings (SSSR count). The van der Waals surface area contributed by atoms with Gasteiger partial charge in [0, 0.05) is 17.1 Å². The monoisotopic (exact) mass is 382 g/mol. The Hall–Kier alpha value is -1.90. The van der Waals surface area contributed by atoms with Gasteiger partial charge in [-0.3, -0.25) is 19.3 Å². The van der Waals surface area contributed by atoms with Gasteiger partial charge in [0.2, 0.25) is 0 Å². The van der Waals surface area contributed by atoms with Gasteiger partial charge in [0.15, 0.2) is 0 Å². The first kappa shape index (κ1) is 16.9. The van der Waals surface area contributed by atoms with Gasteiger partial charge in [-0.1, -0.05) is 35.6 Å². The molecule has 0 atom stereocenters. The number of amides is 2. The second-order valence-corrected chi connectivity index (χ2v) is 7.35. The largest absolute Gasteiger partial charge is 0.481 e. The number of aryl methyl sites for hydroxylation is 1. The van der Waals surface area contributed by atoms with Crippen molar-refractivity contribution in [2.75, 3.05) is 11.9 Å². The van der Waals surface area contributed by atoms with Crippen molar-refractivity contribution in [3.8, 4) is 0 Å². The van der Waals surface area contributed by atoms with Gasteiger partial charge in [-0.2, -0.15) is 0 Å². The Bertz CT molecular complexity index is 850. The third-order valence-corrected chi connectivity index (χ3v) is 5.33. The molecule has 0 spiro atoms. The lowest BCUT2D eigenvalue weighted by Crippen LogP contribution is -2.30. The Morgan fingerprint density at radius 3 is 2.79 bits per heavy atom. The van der Waals surface area contributed by atoms with Gasteiger partial charge in [0.25, 0.3) is 11.8 Å². The van der Waals surface area contributed by atoms with Crippen LogP contribution >= 0.6 is 35.6 Å². The SMILES string of the molecule is Cc1cc(Cl)cc2c1NC(=O)/C2=C1\SC(=S)N(CCC(=O)O)C1=O. The molecule has 1 fully saturated rings. The van der Waals surface area contributed by atoms with Crippen LogP contribution in [0.2, 0.25) is 5.02 Å².